The summed E-state index contributed by atoms with van der Waals surface area (Å²) in [5.74, 6) is 0.118. The minimum atomic E-state index is -0.339. The van der Waals surface area contributed by atoms with Gasteiger partial charge in [-0.3, -0.25) is 14.6 Å². The van der Waals surface area contributed by atoms with Crippen LogP contribution in [-0.2, 0) is 14.9 Å². The maximum Gasteiger partial charge on any atom is 0.272 e. The Balaban J connectivity index is 1.12. The van der Waals surface area contributed by atoms with E-state index in [1.165, 1.54) is 0 Å². The molecule has 5 rings (SSSR count). The monoisotopic (exact) mass is 419 g/mol. The molecule has 3 heterocycles. The number of pyridine rings is 1. The Labute approximate surface area is 183 Å². The van der Waals surface area contributed by atoms with E-state index in [1.807, 2.05) is 47.4 Å². The van der Waals surface area contributed by atoms with Gasteiger partial charge in [-0.15, -0.1) is 0 Å². The van der Waals surface area contributed by atoms with Crippen molar-refractivity contribution in [3.8, 4) is 0 Å². The smallest absolute Gasteiger partial charge is 0.272 e. The van der Waals surface area contributed by atoms with Gasteiger partial charge in [0.1, 0.15) is 5.69 Å². The third-order valence-corrected chi connectivity index (χ3v) is 7.19. The van der Waals surface area contributed by atoms with Crippen molar-refractivity contribution in [3.05, 3.63) is 66.0 Å². The molecular weight excluding hydrogens is 390 g/mol. The van der Waals surface area contributed by atoms with Gasteiger partial charge in [0.2, 0.25) is 5.91 Å². The third kappa shape index (κ3) is 3.97. The highest BCUT2D eigenvalue weighted by atomic mass is 16.5. The van der Waals surface area contributed by atoms with E-state index in [0.717, 1.165) is 44.1 Å². The highest BCUT2D eigenvalue weighted by Crippen LogP contribution is 2.48. The SMILES string of the molecule is O=C(c1ccccn1)N1CCC2(CC[C@H](CNC(=O)C3(c4ccccc4)CC3)O2)CC1. The summed E-state index contributed by atoms with van der Waals surface area (Å²) in [6.45, 7) is 1.93. The van der Waals surface area contributed by atoms with Crippen LogP contribution in [0, 0.1) is 0 Å². The number of likely N-dealkylation sites (tertiary alicyclic amines) is 1. The summed E-state index contributed by atoms with van der Waals surface area (Å²) in [6, 6.07) is 15.5. The van der Waals surface area contributed by atoms with Gasteiger partial charge in [-0.05, 0) is 56.2 Å². The first kappa shape index (κ1) is 20.2. The number of piperidine rings is 1. The number of nitrogens with zero attached hydrogens (tertiary/aromatic N) is 2. The topological polar surface area (TPSA) is 71.5 Å². The fourth-order valence-electron chi connectivity index (χ4n) is 5.08. The molecule has 3 fully saturated rings. The molecule has 3 aliphatic rings. The van der Waals surface area contributed by atoms with Gasteiger partial charge in [0.25, 0.3) is 5.91 Å². The minimum absolute atomic E-state index is 0.00657. The molecule has 1 atom stereocenters. The molecule has 1 N–H and O–H groups in total. The number of ether oxygens (including phenoxy) is 1. The van der Waals surface area contributed by atoms with Crippen LogP contribution < -0.4 is 5.32 Å². The first-order valence-electron chi connectivity index (χ1n) is 11.3. The highest BCUT2D eigenvalue weighted by molar-refractivity contribution is 5.92. The second kappa shape index (κ2) is 8.08. The number of hydrogen-bond acceptors (Lipinski definition) is 4. The Bertz CT molecular complexity index is 935. The van der Waals surface area contributed by atoms with Crippen LogP contribution in [0.3, 0.4) is 0 Å². The molecule has 2 aliphatic heterocycles. The number of amides is 2. The van der Waals surface area contributed by atoms with Gasteiger partial charge in [0.15, 0.2) is 0 Å². The van der Waals surface area contributed by atoms with Crippen LogP contribution in [0.5, 0.6) is 0 Å². The average molecular weight is 420 g/mol. The number of carbonyl (C=O) groups excluding carboxylic acids is 2. The quantitative estimate of drug-likeness (QED) is 0.809. The predicted octanol–water partition coefficient (Wildman–Crippen LogP) is 3.08. The molecule has 1 saturated carbocycles. The first-order chi connectivity index (χ1) is 15.1. The molecule has 6 nitrogen and oxygen atoms in total. The van der Waals surface area contributed by atoms with E-state index in [-0.39, 0.29) is 28.9 Å². The van der Waals surface area contributed by atoms with E-state index in [2.05, 4.69) is 10.3 Å². The number of nitrogens with one attached hydrogen (secondary N) is 1. The lowest BCUT2D eigenvalue weighted by Gasteiger charge is -2.39. The summed E-state index contributed by atoms with van der Waals surface area (Å²) in [7, 11) is 0. The molecule has 162 valence electrons. The predicted molar refractivity (Wildman–Crippen MR) is 117 cm³/mol. The molecule has 2 aromatic rings. The fraction of sp³-hybridized carbons (Fsp3) is 0.480. The van der Waals surface area contributed by atoms with Crippen molar-refractivity contribution in [2.24, 2.45) is 0 Å². The maximum atomic E-state index is 12.9. The van der Waals surface area contributed by atoms with Crippen molar-refractivity contribution in [3.63, 3.8) is 0 Å². The maximum absolute atomic E-state index is 12.9. The standard InChI is InChI=1S/C25H29N3O3/c29-22(21-8-4-5-15-26-21)28-16-13-24(14-17-28)10-9-20(31-24)18-27-23(30)25(11-12-25)19-6-2-1-3-7-19/h1-8,15,20H,9-14,16-18H2,(H,27,30)/t20-/m1/s1. The largest absolute Gasteiger partial charge is 0.370 e. The number of carbonyl (C=O) groups is 2. The van der Waals surface area contributed by atoms with E-state index in [4.69, 9.17) is 4.74 Å². The Kier molecular flexibility index (Phi) is 5.26. The van der Waals surface area contributed by atoms with E-state index >= 15 is 0 Å². The van der Waals surface area contributed by atoms with Crippen LogP contribution in [0.1, 0.15) is 54.6 Å². The molecular formula is C25H29N3O3. The number of benzene rings is 1. The van der Waals surface area contributed by atoms with Crippen molar-refractivity contribution in [1.29, 1.82) is 0 Å². The average Bonchev–Trinajstić information content (AvgIpc) is 3.56. The number of rotatable bonds is 5. The van der Waals surface area contributed by atoms with Crippen molar-refractivity contribution in [1.82, 2.24) is 15.2 Å². The van der Waals surface area contributed by atoms with E-state index < -0.39 is 0 Å². The second-order valence-corrected chi connectivity index (χ2v) is 9.13. The minimum Gasteiger partial charge on any atom is -0.370 e. The molecule has 1 aromatic carbocycles. The van der Waals surface area contributed by atoms with Crippen LogP contribution in [0.2, 0.25) is 0 Å². The van der Waals surface area contributed by atoms with Crippen molar-refractivity contribution < 1.29 is 14.3 Å². The summed E-state index contributed by atoms with van der Waals surface area (Å²) in [4.78, 5) is 31.6. The van der Waals surface area contributed by atoms with E-state index in [0.29, 0.717) is 25.3 Å². The molecule has 2 amide bonds. The molecule has 0 bridgehead atoms. The Morgan fingerprint density at radius 3 is 2.42 bits per heavy atom. The summed E-state index contributed by atoms with van der Waals surface area (Å²) in [6.07, 6.45) is 7.15. The lowest BCUT2D eigenvalue weighted by Crippen LogP contribution is -2.47. The first-order valence-corrected chi connectivity index (χ1v) is 11.3. The lowest BCUT2D eigenvalue weighted by atomic mass is 9.88. The zero-order chi connectivity index (χ0) is 21.3. The Morgan fingerprint density at radius 1 is 1.00 bits per heavy atom. The molecule has 0 radical (unpaired) electrons. The van der Waals surface area contributed by atoms with Crippen molar-refractivity contribution in [2.45, 2.75) is 55.6 Å². The van der Waals surface area contributed by atoms with Gasteiger partial charge in [0.05, 0.1) is 17.1 Å². The molecule has 1 spiro atoms. The summed E-state index contributed by atoms with van der Waals surface area (Å²) < 4.78 is 6.44. The van der Waals surface area contributed by atoms with Gasteiger partial charge < -0.3 is 15.0 Å². The van der Waals surface area contributed by atoms with Crippen molar-refractivity contribution in [2.75, 3.05) is 19.6 Å². The third-order valence-electron chi connectivity index (χ3n) is 7.19. The molecule has 1 aliphatic carbocycles. The van der Waals surface area contributed by atoms with Gasteiger partial charge in [-0.2, -0.15) is 0 Å². The fourth-order valence-corrected chi connectivity index (χ4v) is 5.08. The van der Waals surface area contributed by atoms with Crippen molar-refractivity contribution >= 4 is 11.8 Å². The zero-order valence-electron chi connectivity index (χ0n) is 17.8. The highest BCUT2D eigenvalue weighted by Gasteiger charge is 2.51. The summed E-state index contributed by atoms with van der Waals surface area (Å²) in [5.41, 5.74) is 1.11. The normalized spacial score (nSPS) is 23.5. The van der Waals surface area contributed by atoms with E-state index in [1.54, 1.807) is 12.3 Å². The van der Waals surface area contributed by atoms with Crippen LogP contribution in [0.25, 0.3) is 0 Å². The Hall–Kier alpha value is -2.73. The molecule has 0 unspecified atom stereocenters. The summed E-state index contributed by atoms with van der Waals surface area (Å²) >= 11 is 0. The lowest BCUT2D eigenvalue weighted by molar-refractivity contribution is -0.125. The van der Waals surface area contributed by atoms with Crippen LogP contribution in [-0.4, -0.2) is 53.0 Å². The van der Waals surface area contributed by atoms with Crippen LogP contribution in [0.4, 0.5) is 0 Å². The van der Waals surface area contributed by atoms with Gasteiger partial charge in [-0.1, -0.05) is 36.4 Å². The van der Waals surface area contributed by atoms with Gasteiger partial charge in [-0.25, -0.2) is 0 Å². The number of aromatic nitrogens is 1. The number of hydrogen-bond donors (Lipinski definition) is 1. The van der Waals surface area contributed by atoms with E-state index in [9.17, 15) is 9.59 Å². The summed E-state index contributed by atoms with van der Waals surface area (Å²) in [5, 5.41) is 3.16. The molecule has 6 heteroatoms. The van der Waals surface area contributed by atoms with Gasteiger partial charge in [0, 0.05) is 25.8 Å². The van der Waals surface area contributed by atoms with Gasteiger partial charge >= 0.3 is 0 Å². The zero-order valence-corrected chi connectivity index (χ0v) is 17.8. The molecule has 31 heavy (non-hydrogen) atoms. The molecule has 2 saturated heterocycles. The second-order valence-electron chi connectivity index (χ2n) is 9.13. The molecule has 1 aromatic heterocycles. The Morgan fingerprint density at radius 2 is 1.74 bits per heavy atom. The van der Waals surface area contributed by atoms with Crippen LogP contribution in [0.15, 0.2) is 54.7 Å². The van der Waals surface area contributed by atoms with Crippen LogP contribution >= 0.6 is 0 Å².